The first kappa shape index (κ1) is 28.2. The van der Waals surface area contributed by atoms with E-state index in [1.165, 1.54) is 87.4 Å². The number of benzene rings is 10. The van der Waals surface area contributed by atoms with Gasteiger partial charge in [-0.25, -0.2) is 0 Å². The van der Waals surface area contributed by atoms with Crippen LogP contribution in [0.25, 0.3) is 98.4 Å². The van der Waals surface area contributed by atoms with Gasteiger partial charge >= 0.3 is 0 Å². The van der Waals surface area contributed by atoms with E-state index >= 15 is 0 Å². The Morgan fingerprint density at radius 2 is 0.882 bits per heavy atom. The Balaban J connectivity index is 1.28. The Hall–Kier alpha value is -6.70. The quantitative estimate of drug-likeness (QED) is 0.137. The van der Waals surface area contributed by atoms with Crippen molar-refractivity contribution in [3.05, 3.63) is 182 Å². The monoisotopic (exact) mass is 646 g/mol. The molecule has 0 unspecified atom stereocenters. The van der Waals surface area contributed by atoms with Crippen molar-refractivity contribution in [3.63, 3.8) is 0 Å². The summed E-state index contributed by atoms with van der Waals surface area (Å²) in [5, 5.41) is 12.5. The van der Waals surface area contributed by atoms with Crippen molar-refractivity contribution in [3.8, 4) is 56.0 Å². The first-order valence-electron chi connectivity index (χ1n) is 17.6. The molecular weight excluding hydrogens is 617 g/mol. The summed E-state index contributed by atoms with van der Waals surface area (Å²) in [5.74, 6) is 1.81. The number of hydrogen-bond donors (Lipinski definition) is 0. The van der Waals surface area contributed by atoms with Gasteiger partial charge in [-0.3, -0.25) is 0 Å². The maximum atomic E-state index is 6.50. The van der Waals surface area contributed by atoms with Crippen LogP contribution in [-0.2, 0) is 0 Å². The Labute approximate surface area is 295 Å². The highest BCUT2D eigenvalue weighted by Crippen LogP contribution is 2.50. The van der Waals surface area contributed by atoms with Crippen molar-refractivity contribution in [1.29, 1.82) is 0 Å². The Bertz CT molecular complexity index is 3040. The van der Waals surface area contributed by atoms with Crippen LogP contribution in [0.1, 0.15) is 0 Å². The molecule has 10 aromatic rings. The fraction of sp³-hybridized carbons (Fsp3) is 0. The van der Waals surface area contributed by atoms with E-state index in [1.807, 2.05) is 6.07 Å². The summed E-state index contributed by atoms with van der Waals surface area (Å²) in [4.78, 5) is 0. The molecule has 1 aliphatic rings. The second-order valence-electron chi connectivity index (χ2n) is 13.6. The van der Waals surface area contributed by atoms with Gasteiger partial charge in [-0.15, -0.1) is 0 Å². The lowest BCUT2D eigenvalue weighted by atomic mass is 9.84. The van der Waals surface area contributed by atoms with Gasteiger partial charge in [0.2, 0.25) is 0 Å². The molecule has 1 heteroatoms. The Morgan fingerprint density at radius 1 is 0.275 bits per heavy atom. The van der Waals surface area contributed by atoms with Gasteiger partial charge in [0.25, 0.3) is 0 Å². The molecule has 0 fully saturated rings. The molecule has 0 spiro atoms. The van der Waals surface area contributed by atoms with E-state index in [9.17, 15) is 0 Å². The molecule has 0 saturated carbocycles. The number of rotatable bonds is 3. The smallest absolute Gasteiger partial charge is 0.135 e. The molecule has 0 N–H and O–H groups in total. The molecule has 1 aliphatic heterocycles. The molecular formula is C50H30O. The molecule has 0 aromatic heterocycles. The van der Waals surface area contributed by atoms with E-state index in [1.54, 1.807) is 0 Å². The summed E-state index contributed by atoms with van der Waals surface area (Å²) in [6, 6.07) is 66.4. The van der Waals surface area contributed by atoms with E-state index < -0.39 is 0 Å². The largest absolute Gasteiger partial charge is 0.456 e. The van der Waals surface area contributed by atoms with E-state index in [0.29, 0.717) is 0 Å². The third-order valence-electron chi connectivity index (χ3n) is 10.8. The van der Waals surface area contributed by atoms with Crippen LogP contribution >= 0.6 is 0 Å². The van der Waals surface area contributed by atoms with Gasteiger partial charge in [-0.1, -0.05) is 146 Å². The molecule has 0 radical (unpaired) electrons. The molecule has 1 heterocycles. The molecule has 0 aliphatic carbocycles. The maximum Gasteiger partial charge on any atom is 0.135 e. The van der Waals surface area contributed by atoms with Crippen LogP contribution in [0.4, 0.5) is 0 Å². The van der Waals surface area contributed by atoms with Crippen molar-refractivity contribution in [2.45, 2.75) is 0 Å². The summed E-state index contributed by atoms with van der Waals surface area (Å²) in [5.41, 5.74) is 9.57. The zero-order valence-electron chi connectivity index (χ0n) is 27.7. The van der Waals surface area contributed by atoms with Gasteiger partial charge in [0.15, 0.2) is 0 Å². The number of ether oxygens (including phenoxy) is 1. The highest BCUT2D eigenvalue weighted by Gasteiger charge is 2.23. The van der Waals surface area contributed by atoms with E-state index in [0.717, 1.165) is 22.4 Å². The van der Waals surface area contributed by atoms with E-state index in [4.69, 9.17) is 4.74 Å². The highest BCUT2D eigenvalue weighted by molar-refractivity contribution is 6.32. The SMILES string of the molecule is c1ccc(-c2cc(-c3ccc4c5c(cccc35)-c3ccccc3O4)cc(-c3c4ccccc4cc4c5ccccc5c5ccccc5c34)c2)cc1. The van der Waals surface area contributed by atoms with Gasteiger partial charge in [-0.2, -0.15) is 0 Å². The minimum atomic E-state index is 0.904. The van der Waals surface area contributed by atoms with Crippen molar-refractivity contribution in [2.75, 3.05) is 0 Å². The molecule has 236 valence electrons. The van der Waals surface area contributed by atoms with Crippen LogP contribution < -0.4 is 4.74 Å². The number of fused-ring (bicyclic) bond motifs is 9. The van der Waals surface area contributed by atoms with Gasteiger partial charge < -0.3 is 4.74 Å². The zero-order valence-corrected chi connectivity index (χ0v) is 27.7. The van der Waals surface area contributed by atoms with E-state index in [2.05, 4.69) is 176 Å². The second-order valence-corrected chi connectivity index (χ2v) is 13.6. The van der Waals surface area contributed by atoms with Crippen LogP contribution in [0.5, 0.6) is 11.5 Å². The normalized spacial score (nSPS) is 12.1. The standard InChI is InChI=1S/C50H30O/c1-2-13-31(14-3-1)33-27-34(36-25-26-47-49-42(36)22-12-23-44(49)41-20-10-11-24-46(41)51-47)29-35(28-33)48-37-16-5-4-15-32(37)30-45-40-19-7-6-17-38(40)39-18-8-9-21-43(39)50(45)48/h1-30H. The van der Waals surface area contributed by atoms with Crippen molar-refractivity contribution >= 4 is 53.9 Å². The molecule has 11 rings (SSSR count). The summed E-state index contributed by atoms with van der Waals surface area (Å²) in [6.45, 7) is 0. The van der Waals surface area contributed by atoms with E-state index in [-0.39, 0.29) is 0 Å². The fourth-order valence-electron chi connectivity index (χ4n) is 8.59. The van der Waals surface area contributed by atoms with Gasteiger partial charge in [0.05, 0.1) is 0 Å². The highest BCUT2D eigenvalue weighted by atomic mass is 16.5. The lowest BCUT2D eigenvalue weighted by Gasteiger charge is -2.23. The van der Waals surface area contributed by atoms with Crippen molar-refractivity contribution < 1.29 is 4.74 Å². The first-order valence-corrected chi connectivity index (χ1v) is 17.6. The average molecular weight is 647 g/mol. The summed E-state index contributed by atoms with van der Waals surface area (Å²) in [6.07, 6.45) is 0. The minimum absolute atomic E-state index is 0.904. The zero-order chi connectivity index (χ0) is 33.5. The average Bonchev–Trinajstić information content (AvgIpc) is 3.20. The van der Waals surface area contributed by atoms with Crippen molar-refractivity contribution in [2.24, 2.45) is 0 Å². The van der Waals surface area contributed by atoms with Crippen LogP contribution in [0.3, 0.4) is 0 Å². The predicted molar refractivity (Wildman–Crippen MR) is 216 cm³/mol. The third-order valence-corrected chi connectivity index (χ3v) is 10.8. The number of para-hydroxylation sites is 1. The topological polar surface area (TPSA) is 9.23 Å². The van der Waals surface area contributed by atoms with Crippen LogP contribution in [0, 0.1) is 0 Å². The molecule has 51 heavy (non-hydrogen) atoms. The Kier molecular flexibility index (Phi) is 6.02. The molecule has 0 atom stereocenters. The fourth-order valence-corrected chi connectivity index (χ4v) is 8.59. The summed E-state index contributed by atoms with van der Waals surface area (Å²) >= 11 is 0. The van der Waals surface area contributed by atoms with Gasteiger partial charge in [0, 0.05) is 10.9 Å². The molecule has 0 amide bonds. The molecule has 0 bridgehead atoms. The van der Waals surface area contributed by atoms with Crippen LogP contribution in [0.15, 0.2) is 182 Å². The predicted octanol–water partition coefficient (Wildman–Crippen LogP) is 14.2. The minimum Gasteiger partial charge on any atom is -0.456 e. The van der Waals surface area contributed by atoms with Gasteiger partial charge in [-0.05, 0) is 124 Å². The second kappa shape index (κ2) is 10.9. The lowest BCUT2D eigenvalue weighted by molar-refractivity contribution is 0.487. The summed E-state index contributed by atoms with van der Waals surface area (Å²) in [7, 11) is 0. The first-order chi connectivity index (χ1) is 25.3. The molecule has 1 nitrogen and oxygen atoms in total. The molecule has 0 saturated heterocycles. The van der Waals surface area contributed by atoms with Crippen molar-refractivity contribution in [1.82, 2.24) is 0 Å². The van der Waals surface area contributed by atoms with Crippen LogP contribution in [0.2, 0.25) is 0 Å². The summed E-state index contributed by atoms with van der Waals surface area (Å²) < 4.78 is 6.50. The number of hydrogen-bond acceptors (Lipinski definition) is 1. The van der Waals surface area contributed by atoms with Crippen LogP contribution in [-0.4, -0.2) is 0 Å². The Morgan fingerprint density at radius 3 is 1.73 bits per heavy atom. The molecule has 10 aromatic carbocycles. The third kappa shape index (κ3) is 4.22. The van der Waals surface area contributed by atoms with Gasteiger partial charge in [0.1, 0.15) is 11.5 Å². The maximum absolute atomic E-state index is 6.50. The lowest BCUT2D eigenvalue weighted by Crippen LogP contribution is -1.98.